The summed E-state index contributed by atoms with van der Waals surface area (Å²) in [5, 5.41) is 12.5. The zero-order chi connectivity index (χ0) is 13.1. The van der Waals surface area contributed by atoms with Gasteiger partial charge in [0, 0.05) is 24.3 Å². The average Bonchev–Trinajstić information content (AvgIpc) is 2.34. The van der Waals surface area contributed by atoms with Crippen LogP contribution in [0.2, 0.25) is 0 Å². The highest BCUT2D eigenvalue weighted by atomic mass is 19.1. The Hall–Kier alpha value is -1.29. The Bertz CT molecular complexity index is 411. The molecule has 18 heavy (non-hydrogen) atoms. The fourth-order valence-electron chi connectivity index (χ4n) is 2.59. The van der Waals surface area contributed by atoms with Gasteiger partial charge in [-0.2, -0.15) is 0 Å². The highest BCUT2D eigenvalue weighted by molar-refractivity contribution is 5.47. The molecule has 4 heteroatoms. The largest absolute Gasteiger partial charge is 0.505 e. The lowest BCUT2D eigenvalue weighted by molar-refractivity contribution is 0.197. The molecule has 2 unspecified atom stereocenters. The van der Waals surface area contributed by atoms with Crippen molar-refractivity contribution >= 4 is 5.69 Å². The number of nitrogens with zero attached hydrogens (tertiary/aromatic N) is 1. The molecule has 0 amide bonds. The van der Waals surface area contributed by atoms with E-state index < -0.39 is 5.82 Å². The average molecular weight is 252 g/mol. The van der Waals surface area contributed by atoms with Gasteiger partial charge in [-0.1, -0.05) is 0 Å². The molecular formula is C14H21FN2O. The highest BCUT2D eigenvalue weighted by Gasteiger charge is 2.22. The van der Waals surface area contributed by atoms with Crippen molar-refractivity contribution in [3.8, 4) is 5.75 Å². The Kier molecular flexibility index (Phi) is 4.07. The standard InChI is InChI=1S/C14H21FN2O/c1-10(11-4-3-7-17(2)9-11)16-12-5-6-14(18)13(15)8-12/h5-6,8,10-11,16,18H,3-4,7,9H2,1-2H3. The van der Waals surface area contributed by atoms with Crippen molar-refractivity contribution in [2.75, 3.05) is 25.5 Å². The summed E-state index contributed by atoms with van der Waals surface area (Å²) in [6.07, 6.45) is 2.43. The van der Waals surface area contributed by atoms with Gasteiger partial charge in [0.25, 0.3) is 0 Å². The van der Waals surface area contributed by atoms with Gasteiger partial charge in [0.2, 0.25) is 0 Å². The number of halogens is 1. The molecule has 100 valence electrons. The number of nitrogens with one attached hydrogen (secondary N) is 1. The van der Waals surface area contributed by atoms with E-state index in [1.807, 2.05) is 0 Å². The molecule has 2 N–H and O–H groups in total. The third kappa shape index (κ3) is 3.13. The molecular weight excluding hydrogens is 231 g/mol. The molecule has 0 saturated carbocycles. The first-order chi connectivity index (χ1) is 8.56. The van der Waals surface area contributed by atoms with Gasteiger partial charge in [0.15, 0.2) is 11.6 Å². The van der Waals surface area contributed by atoms with E-state index in [4.69, 9.17) is 5.11 Å². The smallest absolute Gasteiger partial charge is 0.166 e. The summed E-state index contributed by atoms with van der Waals surface area (Å²) in [5.41, 5.74) is 0.728. The van der Waals surface area contributed by atoms with Crippen LogP contribution in [-0.2, 0) is 0 Å². The van der Waals surface area contributed by atoms with Crippen LogP contribution in [0.1, 0.15) is 19.8 Å². The van der Waals surface area contributed by atoms with E-state index in [1.54, 1.807) is 6.07 Å². The lowest BCUT2D eigenvalue weighted by atomic mass is 9.92. The van der Waals surface area contributed by atoms with Gasteiger partial charge in [0.05, 0.1) is 0 Å². The molecule has 1 aromatic carbocycles. The summed E-state index contributed by atoms with van der Waals surface area (Å²) in [6.45, 7) is 4.38. The maximum absolute atomic E-state index is 13.2. The minimum atomic E-state index is -0.576. The van der Waals surface area contributed by atoms with Crippen molar-refractivity contribution in [2.24, 2.45) is 5.92 Å². The van der Waals surface area contributed by atoms with Crippen LogP contribution in [-0.4, -0.2) is 36.2 Å². The first kappa shape index (κ1) is 13.1. The van der Waals surface area contributed by atoms with Crippen LogP contribution >= 0.6 is 0 Å². The van der Waals surface area contributed by atoms with Crippen molar-refractivity contribution in [1.29, 1.82) is 0 Å². The third-order valence-corrected chi connectivity index (χ3v) is 3.71. The molecule has 0 aromatic heterocycles. The van der Waals surface area contributed by atoms with Gasteiger partial charge in [-0.25, -0.2) is 4.39 Å². The molecule has 1 saturated heterocycles. The van der Waals surface area contributed by atoms with E-state index in [-0.39, 0.29) is 5.75 Å². The van der Waals surface area contributed by atoms with Crippen molar-refractivity contribution in [1.82, 2.24) is 4.90 Å². The number of piperidine rings is 1. The van der Waals surface area contributed by atoms with E-state index in [2.05, 4.69) is 24.2 Å². The van der Waals surface area contributed by atoms with Gasteiger partial charge >= 0.3 is 0 Å². The first-order valence-electron chi connectivity index (χ1n) is 6.50. The van der Waals surface area contributed by atoms with Crippen LogP contribution < -0.4 is 5.32 Å². The van der Waals surface area contributed by atoms with Crippen molar-refractivity contribution in [3.63, 3.8) is 0 Å². The number of likely N-dealkylation sites (tertiary alicyclic amines) is 1. The number of phenols is 1. The molecule has 1 aliphatic heterocycles. The topological polar surface area (TPSA) is 35.5 Å². The summed E-state index contributed by atoms with van der Waals surface area (Å²) < 4.78 is 13.2. The minimum Gasteiger partial charge on any atom is -0.505 e. The molecule has 3 nitrogen and oxygen atoms in total. The lowest BCUT2D eigenvalue weighted by Crippen LogP contribution is -2.39. The zero-order valence-corrected chi connectivity index (χ0v) is 11.0. The van der Waals surface area contributed by atoms with Crippen LogP contribution in [0.25, 0.3) is 0 Å². The fourth-order valence-corrected chi connectivity index (χ4v) is 2.59. The molecule has 1 fully saturated rings. The van der Waals surface area contributed by atoms with Crippen molar-refractivity contribution in [3.05, 3.63) is 24.0 Å². The lowest BCUT2D eigenvalue weighted by Gasteiger charge is -2.34. The molecule has 0 bridgehead atoms. The Morgan fingerprint density at radius 3 is 2.94 bits per heavy atom. The number of rotatable bonds is 3. The minimum absolute atomic E-state index is 0.300. The quantitative estimate of drug-likeness (QED) is 0.812. The number of aromatic hydroxyl groups is 1. The molecule has 0 spiro atoms. The number of benzene rings is 1. The molecule has 0 radical (unpaired) electrons. The molecule has 2 atom stereocenters. The van der Waals surface area contributed by atoms with Gasteiger partial charge < -0.3 is 15.3 Å². The number of anilines is 1. The van der Waals surface area contributed by atoms with Gasteiger partial charge in [0.1, 0.15) is 0 Å². The second-order valence-corrected chi connectivity index (χ2v) is 5.26. The van der Waals surface area contributed by atoms with Crippen LogP contribution in [0.15, 0.2) is 18.2 Å². The summed E-state index contributed by atoms with van der Waals surface area (Å²) in [5.74, 6) is -0.292. The van der Waals surface area contributed by atoms with Gasteiger partial charge in [-0.15, -0.1) is 0 Å². The van der Waals surface area contributed by atoms with E-state index in [0.717, 1.165) is 18.8 Å². The van der Waals surface area contributed by atoms with Crippen LogP contribution in [0.5, 0.6) is 5.75 Å². The zero-order valence-electron chi connectivity index (χ0n) is 11.0. The summed E-state index contributed by atoms with van der Waals surface area (Å²) in [4.78, 5) is 2.34. The normalized spacial score (nSPS) is 22.7. The Morgan fingerprint density at radius 2 is 2.28 bits per heavy atom. The summed E-state index contributed by atoms with van der Waals surface area (Å²) in [7, 11) is 2.14. The number of phenolic OH excluding ortho intramolecular Hbond substituents is 1. The SMILES string of the molecule is CC(Nc1ccc(O)c(F)c1)C1CCCN(C)C1. The Morgan fingerprint density at radius 1 is 1.50 bits per heavy atom. The van der Waals surface area contributed by atoms with E-state index in [0.29, 0.717) is 12.0 Å². The van der Waals surface area contributed by atoms with Gasteiger partial charge in [-0.3, -0.25) is 0 Å². The molecule has 0 aliphatic carbocycles. The van der Waals surface area contributed by atoms with E-state index in [9.17, 15) is 4.39 Å². The predicted molar refractivity (Wildman–Crippen MR) is 71.4 cm³/mol. The highest BCUT2D eigenvalue weighted by Crippen LogP contribution is 2.24. The predicted octanol–water partition coefficient (Wildman–Crippen LogP) is 2.67. The van der Waals surface area contributed by atoms with Crippen LogP contribution in [0.4, 0.5) is 10.1 Å². The number of hydrogen-bond acceptors (Lipinski definition) is 3. The molecule has 2 rings (SSSR count). The fraction of sp³-hybridized carbons (Fsp3) is 0.571. The molecule has 1 aliphatic rings. The maximum atomic E-state index is 13.2. The summed E-state index contributed by atoms with van der Waals surface area (Å²) >= 11 is 0. The monoisotopic (exact) mass is 252 g/mol. The molecule has 1 heterocycles. The summed E-state index contributed by atoms with van der Waals surface area (Å²) in [6, 6.07) is 4.74. The van der Waals surface area contributed by atoms with Crippen molar-refractivity contribution < 1.29 is 9.50 Å². The third-order valence-electron chi connectivity index (χ3n) is 3.71. The van der Waals surface area contributed by atoms with Crippen LogP contribution in [0, 0.1) is 11.7 Å². The van der Waals surface area contributed by atoms with Crippen LogP contribution in [0.3, 0.4) is 0 Å². The second-order valence-electron chi connectivity index (χ2n) is 5.26. The first-order valence-corrected chi connectivity index (χ1v) is 6.50. The molecule has 1 aromatic rings. The second kappa shape index (κ2) is 5.57. The number of hydrogen-bond donors (Lipinski definition) is 2. The van der Waals surface area contributed by atoms with Gasteiger partial charge in [-0.05, 0) is 51.4 Å². The maximum Gasteiger partial charge on any atom is 0.166 e. The van der Waals surface area contributed by atoms with E-state index >= 15 is 0 Å². The van der Waals surface area contributed by atoms with E-state index in [1.165, 1.54) is 25.0 Å². The Labute approximate surface area is 108 Å². The Balaban J connectivity index is 1.97. The van der Waals surface area contributed by atoms with Crippen molar-refractivity contribution in [2.45, 2.75) is 25.8 Å².